The van der Waals surface area contributed by atoms with Gasteiger partial charge in [-0.15, -0.1) is 0 Å². The van der Waals surface area contributed by atoms with Crippen LogP contribution in [0.5, 0.6) is 0 Å². The number of likely N-dealkylation sites (N-methyl/N-ethyl adjacent to an activating group) is 1. The van der Waals surface area contributed by atoms with Crippen LogP contribution in [0.3, 0.4) is 0 Å². The summed E-state index contributed by atoms with van der Waals surface area (Å²) in [7, 11) is 1.84. The summed E-state index contributed by atoms with van der Waals surface area (Å²) < 4.78 is 5.74. The maximum atomic E-state index is 12.7. The normalized spacial score (nSPS) is 19.0. The largest absolute Gasteiger partial charge is 0.376 e. The van der Waals surface area contributed by atoms with Gasteiger partial charge in [-0.05, 0) is 54.5 Å². The van der Waals surface area contributed by atoms with E-state index in [0.717, 1.165) is 48.1 Å². The first-order valence-electron chi connectivity index (χ1n) is 9.75. The van der Waals surface area contributed by atoms with Crippen LogP contribution in [0.25, 0.3) is 11.1 Å². The molecular weight excluding hydrogens is 338 g/mol. The zero-order chi connectivity index (χ0) is 18.8. The number of carbonyl (C=O) groups is 2. The number of hydrogen-bond acceptors (Lipinski definition) is 3. The van der Waals surface area contributed by atoms with Crippen LogP contribution in [0.4, 0.5) is 0 Å². The summed E-state index contributed by atoms with van der Waals surface area (Å²) in [5.41, 5.74) is 4.83. The van der Waals surface area contributed by atoms with Crippen LogP contribution in [0.15, 0.2) is 42.5 Å². The van der Waals surface area contributed by atoms with E-state index in [4.69, 9.17) is 4.74 Å². The van der Waals surface area contributed by atoms with Crippen LogP contribution in [0.1, 0.15) is 52.0 Å². The molecule has 2 aromatic rings. The fraction of sp³-hybridized carbons (Fsp3) is 0.391. The Labute approximate surface area is 160 Å². The van der Waals surface area contributed by atoms with Crippen molar-refractivity contribution >= 4 is 11.7 Å². The van der Waals surface area contributed by atoms with Crippen molar-refractivity contribution in [1.29, 1.82) is 0 Å². The Hall–Kier alpha value is -2.46. The number of ether oxygens (including phenoxy) is 1. The quantitative estimate of drug-likeness (QED) is 0.821. The molecule has 1 amide bonds. The highest BCUT2D eigenvalue weighted by atomic mass is 16.5. The third kappa shape index (κ3) is 3.81. The van der Waals surface area contributed by atoms with Crippen LogP contribution < -0.4 is 0 Å². The lowest BCUT2D eigenvalue weighted by atomic mass is 9.99. The highest BCUT2D eigenvalue weighted by molar-refractivity contribution is 6.01. The van der Waals surface area contributed by atoms with Gasteiger partial charge in [-0.1, -0.05) is 30.3 Å². The lowest BCUT2D eigenvalue weighted by molar-refractivity contribution is -0.000187. The van der Waals surface area contributed by atoms with Crippen molar-refractivity contribution in [2.24, 2.45) is 0 Å². The molecule has 0 saturated carbocycles. The number of benzene rings is 2. The number of carbonyl (C=O) groups excluding carboxylic acids is 2. The minimum absolute atomic E-state index is 0.0234. The van der Waals surface area contributed by atoms with E-state index in [1.807, 2.05) is 43.4 Å². The Morgan fingerprint density at radius 1 is 1.07 bits per heavy atom. The van der Waals surface area contributed by atoms with E-state index < -0.39 is 0 Å². The molecule has 2 aromatic carbocycles. The van der Waals surface area contributed by atoms with E-state index in [9.17, 15) is 9.59 Å². The second-order valence-corrected chi connectivity index (χ2v) is 7.55. The molecule has 1 fully saturated rings. The molecule has 4 heteroatoms. The van der Waals surface area contributed by atoms with Gasteiger partial charge in [0, 0.05) is 37.7 Å². The molecule has 0 bridgehead atoms. The van der Waals surface area contributed by atoms with Gasteiger partial charge >= 0.3 is 0 Å². The van der Waals surface area contributed by atoms with E-state index in [2.05, 4.69) is 6.07 Å². The number of hydrogen-bond donors (Lipinski definition) is 0. The van der Waals surface area contributed by atoms with Gasteiger partial charge in [0.25, 0.3) is 5.91 Å². The molecular formula is C23H25NO3. The first-order chi connectivity index (χ1) is 13.1. The van der Waals surface area contributed by atoms with E-state index in [0.29, 0.717) is 18.5 Å². The fourth-order valence-electron chi connectivity index (χ4n) is 4.00. The number of rotatable bonds is 4. The molecule has 0 radical (unpaired) electrons. The fourth-order valence-corrected chi connectivity index (χ4v) is 4.00. The first-order valence-corrected chi connectivity index (χ1v) is 9.75. The standard InChI is InChI=1S/C23H25NO3/c1-24(15-20-4-2-3-13-27-20)23(26)17-7-5-16(6-8-17)18-9-11-21-19(14-18)10-12-22(21)25/h5-9,11,14,20H,2-4,10,12-13,15H2,1H3/t20-/m1/s1. The van der Waals surface area contributed by atoms with Crippen LogP contribution >= 0.6 is 0 Å². The average Bonchev–Trinajstić information content (AvgIpc) is 3.08. The number of fused-ring (bicyclic) bond motifs is 1. The molecule has 27 heavy (non-hydrogen) atoms. The topological polar surface area (TPSA) is 46.6 Å². The van der Waals surface area contributed by atoms with E-state index in [1.165, 1.54) is 6.42 Å². The zero-order valence-corrected chi connectivity index (χ0v) is 15.7. The predicted octanol–water partition coefficient (Wildman–Crippen LogP) is 4.12. The van der Waals surface area contributed by atoms with Gasteiger partial charge in [-0.2, -0.15) is 0 Å². The summed E-state index contributed by atoms with van der Waals surface area (Å²) in [5.74, 6) is 0.262. The van der Waals surface area contributed by atoms with Crippen molar-refractivity contribution < 1.29 is 14.3 Å². The SMILES string of the molecule is CN(C[C@H]1CCCCO1)C(=O)c1ccc(-c2ccc3c(c2)CCC3=O)cc1. The smallest absolute Gasteiger partial charge is 0.253 e. The maximum Gasteiger partial charge on any atom is 0.253 e. The molecule has 0 aromatic heterocycles. The van der Waals surface area contributed by atoms with Gasteiger partial charge in [0.15, 0.2) is 5.78 Å². The number of nitrogens with zero attached hydrogens (tertiary/aromatic N) is 1. The summed E-state index contributed by atoms with van der Waals surface area (Å²) in [6.45, 7) is 1.44. The van der Waals surface area contributed by atoms with Crippen LogP contribution in [-0.2, 0) is 11.2 Å². The highest BCUT2D eigenvalue weighted by Gasteiger charge is 2.21. The molecule has 1 saturated heterocycles. The minimum Gasteiger partial charge on any atom is -0.376 e. The average molecular weight is 363 g/mol. The summed E-state index contributed by atoms with van der Waals surface area (Å²) in [5, 5.41) is 0. The van der Waals surface area contributed by atoms with Crippen molar-refractivity contribution in [2.45, 2.75) is 38.2 Å². The molecule has 0 spiro atoms. The van der Waals surface area contributed by atoms with Crippen LogP contribution in [0, 0.1) is 0 Å². The van der Waals surface area contributed by atoms with Gasteiger partial charge in [-0.25, -0.2) is 0 Å². The molecule has 1 heterocycles. The molecule has 0 N–H and O–H groups in total. The van der Waals surface area contributed by atoms with Crippen LogP contribution in [-0.4, -0.2) is 42.9 Å². The van der Waals surface area contributed by atoms with Gasteiger partial charge < -0.3 is 9.64 Å². The van der Waals surface area contributed by atoms with E-state index in [1.54, 1.807) is 4.90 Å². The van der Waals surface area contributed by atoms with Crippen LogP contribution in [0.2, 0.25) is 0 Å². The Morgan fingerprint density at radius 2 is 1.85 bits per heavy atom. The molecule has 4 nitrogen and oxygen atoms in total. The molecule has 1 aliphatic carbocycles. The molecule has 1 atom stereocenters. The second kappa shape index (κ2) is 7.65. The highest BCUT2D eigenvalue weighted by Crippen LogP contribution is 2.28. The lowest BCUT2D eigenvalue weighted by Crippen LogP contribution is -2.37. The number of aryl methyl sites for hydroxylation is 1. The van der Waals surface area contributed by atoms with Gasteiger partial charge in [0.2, 0.25) is 0 Å². The monoisotopic (exact) mass is 363 g/mol. The second-order valence-electron chi connectivity index (χ2n) is 7.55. The first kappa shape index (κ1) is 17.9. The van der Waals surface area contributed by atoms with Crippen molar-refractivity contribution in [2.75, 3.05) is 20.2 Å². The van der Waals surface area contributed by atoms with Crippen molar-refractivity contribution in [3.8, 4) is 11.1 Å². The van der Waals surface area contributed by atoms with Crippen molar-refractivity contribution in [1.82, 2.24) is 4.90 Å². The maximum absolute atomic E-state index is 12.7. The number of ketones is 1. The minimum atomic E-state index is 0.0234. The molecule has 0 unspecified atom stereocenters. The summed E-state index contributed by atoms with van der Waals surface area (Å²) in [4.78, 5) is 26.2. The Morgan fingerprint density at radius 3 is 2.59 bits per heavy atom. The van der Waals surface area contributed by atoms with Gasteiger partial charge in [-0.3, -0.25) is 9.59 Å². The summed E-state index contributed by atoms with van der Waals surface area (Å²) in [6.07, 6.45) is 4.91. The Kier molecular flexibility index (Phi) is 5.08. The van der Waals surface area contributed by atoms with E-state index in [-0.39, 0.29) is 17.8 Å². The summed E-state index contributed by atoms with van der Waals surface area (Å²) in [6, 6.07) is 13.8. The van der Waals surface area contributed by atoms with Gasteiger partial charge in [0.1, 0.15) is 0 Å². The molecule has 1 aliphatic heterocycles. The molecule has 140 valence electrons. The third-order valence-electron chi connectivity index (χ3n) is 5.59. The van der Waals surface area contributed by atoms with E-state index >= 15 is 0 Å². The third-order valence-corrected chi connectivity index (χ3v) is 5.59. The number of Topliss-reactive ketones (excluding diaryl/α,β-unsaturated/α-hetero) is 1. The van der Waals surface area contributed by atoms with Gasteiger partial charge in [0.05, 0.1) is 6.10 Å². The predicted molar refractivity (Wildman–Crippen MR) is 105 cm³/mol. The Bertz CT molecular complexity index is 850. The number of amides is 1. The van der Waals surface area contributed by atoms with Crippen molar-refractivity contribution in [3.05, 3.63) is 59.2 Å². The Balaban J connectivity index is 1.45. The lowest BCUT2D eigenvalue weighted by Gasteiger charge is -2.27. The zero-order valence-electron chi connectivity index (χ0n) is 15.7. The summed E-state index contributed by atoms with van der Waals surface area (Å²) >= 11 is 0. The molecule has 2 aliphatic rings. The molecule has 4 rings (SSSR count). The van der Waals surface area contributed by atoms with Crippen molar-refractivity contribution in [3.63, 3.8) is 0 Å².